The lowest BCUT2D eigenvalue weighted by Crippen LogP contribution is -2.42. The summed E-state index contributed by atoms with van der Waals surface area (Å²) in [5.41, 5.74) is 0. The first-order chi connectivity index (χ1) is 6.50. The van der Waals surface area contributed by atoms with Crippen LogP contribution in [0.4, 0.5) is 0 Å². The Morgan fingerprint density at radius 3 is 1.93 bits per heavy atom. The fraction of sp³-hybridized carbons (Fsp3) is 0.909. The third kappa shape index (κ3) is 4.54. The molecule has 0 rings (SSSR count). The molecular formula is C11H23N3. The molecule has 0 fully saturated rings. The lowest BCUT2D eigenvalue weighted by atomic mass is 10.2. The number of rotatable bonds is 5. The number of hydrogen-bond acceptors (Lipinski definition) is 3. The predicted molar refractivity (Wildman–Crippen MR) is 62.0 cm³/mol. The minimum atomic E-state index is 0.158. The summed E-state index contributed by atoms with van der Waals surface area (Å²) in [5.74, 6) is 0. The quantitative estimate of drug-likeness (QED) is 0.623. The highest BCUT2D eigenvalue weighted by Gasteiger charge is 2.18. The normalized spacial score (nSPS) is 13.2. The van der Waals surface area contributed by atoms with Crippen LogP contribution >= 0.6 is 0 Å². The molecule has 0 aliphatic rings. The van der Waals surface area contributed by atoms with Crippen molar-refractivity contribution in [1.82, 2.24) is 4.90 Å². The van der Waals surface area contributed by atoms with Crippen molar-refractivity contribution in [3.05, 3.63) is 0 Å². The standard InChI is InChI=1S/C11H23N3/c1-7-12-8-13-11(6)14(9(2)3)10(4)5/h9-11H,7H2,1-6H3. The van der Waals surface area contributed by atoms with Gasteiger partial charge in [-0.25, -0.2) is 9.98 Å². The van der Waals surface area contributed by atoms with Crippen molar-refractivity contribution in [2.45, 2.75) is 59.8 Å². The van der Waals surface area contributed by atoms with Gasteiger partial charge in [0.15, 0.2) is 0 Å². The lowest BCUT2D eigenvalue weighted by molar-refractivity contribution is 0.128. The van der Waals surface area contributed by atoms with E-state index in [1.807, 2.05) is 6.92 Å². The van der Waals surface area contributed by atoms with Crippen LogP contribution in [0.5, 0.6) is 0 Å². The fourth-order valence-corrected chi connectivity index (χ4v) is 1.72. The molecular weight excluding hydrogens is 174 g/mol. The van der Waals surface area contributed by atoms with E-state index >= 15 is 0 Å². The van der Waals surface area contributed by atoms with Crippen molar-refractivity contribution < 1.29 is 0 Å². The Balaban J connectivity index is 4.44. The van der Waals surface area contributed by atoms with Gasteiger partial charge in [0, 0.05) is 18.6 Å². The van der Waals surface area contributed by atoms with E-state index in [4.69, 9.17) is 0 Å². The average Bonchev–Trinajstić information content (AvgIpc) is 2.03. The monoisotopic (exact) mass is 197 g/mol. The van der Waals surface area contributed by atoms with Gasteiger partial charge in [0.25, 0.3) is 0 Å². The Bertz CT molecular complexity index is 195. The van der Waals surface area contributed by atoms with Gasteiger partial charge in [-0.15, -0.1) is 0 Å². The zero-order valence-electron chi connectivity index (χ0n) is 10.3. The second-order valence-corrected chi connectivity index (χ2v) is 3.97. The Labute approximate surface area is 87.9 Å². The molecule has 1 atom stereocenters. The zero-order valence-corrected chi connectivity index (χ0v) is 10.3. The summed E-state index contributed by atoms with van der Waals surface area (Å²) in [7, 11) is 0. The van der Waals surface area contributed by atoms with Crippen LogP contribution in [0.3, 0.4) is 0 Å². The van der Waals surface area contributed by atoms with E-state index in [1.54, 1.807) is 0 Å². The SMILES string of the molecule is CCN=C=NC(C)N(C(C)C)C(C)C. The van der Waals surface area contributed by atoms with E-state index in [-0.39, 0.29) is 6.17 Å². The topological polar surface area (TPSA) is 28.0 Å². The Morgan fingerprint density at radius 2 is 1.57 bits per heavy atom. The first-order valence-electron chi connectivity index (χ1n) is 5.39. The van der Waals surface area contributed by atoms with Crippen molar-refractivity contribution in [2.75, 3.05) is 6.54 Å². The molecule has 0 saturated heterocycles. The molecule has 0 amide bonds. The summed E-state index contributed by atoms with van der Waals surface area (Å²) < 4.78 is 0. The summed E-state index contributed by atoms with van der Waals surface area (Å²) in [6, 6.07) is 3.73. The Kier molecular flexibility index (Phi) is 6.43. The maximum absolute atomic E-state index is 4.27. The van der Waals surface area contributed by atoms with E-state index < -0.39 is 0 Å². The summed E-state index contributed by atoms with van der Waals surface area (Å²) in [6.45, 7) is 13.5. The molecule has 0 N–H and O–H groups in total. The van der Waals surface area contributed by atoms with Gasteiger partial charge in [-0.05, 0) is 41.5 Å². The molecule has 0 aromatic heterocycles. The second kappa shape index (κ2) is 6.74. The van der Waals surface area contributed by atoms with Gasteiger partial charge >= 0.3 is 0 Å². The molecule has 3 heteroatoms. The van der Waals surface area contributed by atoms with Gasteiger partial charge in [-0.2, -0.15) is 0 Å². The zero-order chi connectivity index (χ0) is 11.1. The van der Waals surface area contributed by atoms with Gasteiger partial charge in [-0.1, -0.05) is 0 Å². The van der Waals surface area contributed by atoms with Crippen molar-refractivity contribution in [2.24, 2.45) is 9.98 Å². The van der Waals surface area contributed by atoms with Crippen molar-refractivity contribution in [1.29, 1.82) is 0 Å². The van der Waals surface area contributed by atoms with Crippen LogP contribution < -0.4 is 0 Å². The molecule has 82 valence electrons. The Morgan fingerprint density at radius 1 is 1.07 bits per heavy atom. The Hall–Kier alpha value is -0.660. The van der Waals surface area contributed by atoms with Crippen LogP contribution in [0.2, 0.25) is 0 Å². The minimum Gasteiger partial charge on any atom is -0.277 e. The number of hydrogen-bond donors (Lipinski definition) is 0. The first kappa shape index (κ1) is 13.3. The highest BCUT2D eigenvalue weighted by molar-refractivity contribution is 5.41. The van der Waals surface area contributed by atoms with Crippen molar-refractivity contribution >= 4 is 6.01 Å². The van der Waals surface area contributed by atoms with Crippen LogP contribution in [0.25, 0.3) is 0 Å². The molecule has 3 nitrogen and oxygen atoms in total. The molecule has 0 aliphatic carbocycles. The molecule has 0 aliphatic heterocycles. The van der Waals surface area contributed by atoms with Gasteiger partial charge in [0.1, 0.15) is 6.17 Å². The molecule has 0 bridgehead atoms. The smallest absolute Gasteiger partial charge is 0.111 e. The third-order valence-corrected chi connectivity index (χ3v) is 2.10. The molecule has 0 aromatic rings. The lowest BCUT2D eigenvalue weighted by Gasteiger charge is -2.33. The largest absolute Gasteiger partial charge is 0.277 e. The van der Waals surface area contributed by atoms with Crippen LogP contribution in [0, 0.1) is 0 Å². The summed E-state index contributed by atoms with van der Waals surface area (Å²) in [4.78, 5) is 10.6. The van der Waals surface area contributed by atoms with E-state index in [0.29, 0.717) is 12.1 Å². The molecule has 0 spiro atoms. The predicted octanol–water partition coefficient (Wildman–Crippen LogP) is 2.65. The maximum atomic E-state index is 4.27. The second-order valence-electron chi connectivity index (χ2n) is 3.97. The highest BCUT2D eigenvalue weighted by Crippen LogP contribution is 2.10. The van der Waals surface area contributed by atoms with Crippen molar-refractivity contribution in [3.8, 4) is 0 Å². The van der Waals surface area contributed by atoms with Crippen LogP contribution in [0.15, 0.2) is 9.98 Å². The van der Waals surface area contributed by atoms with Crippen LogP contribution in [-0.4, -0.2) is 35.7 Å². The molecule has 0 saturated carbocycles. The average molecular weight is 197 g/mol. The third-order valence-electron chi connectivity index (χ3n) is 2.10. The van der Waals surface area contributed by atoms with Crippen molar-refractivity contribution in [3.63, 3.8) is 0 Å². The van der Waals surface area contributed by atoms with Gasteiger partial charge < -0.3 is 0 Å². The molecule has 0 aromatic carbocycles. The van der Waals surface area contributed by atoms with Gasteiger partial charge in [0.2, 0.25) is 0 Å². The summed E-state index contributed by atoms with van der Waals surface area (Å²) in [5, 5.41) is 0. The van der Waals surface area contributed by atoms with Gasteiger partial charge in [0.05, 0.1) is 6.01 Å². The molecule has 0 heterocycles. The van der Waals surface area contributed by atoms with Gasteiger partial charge in [-0.3, -0.25) is 4.90 Å². The van der Waals surface area contributed by atoms with E-state index in [2.05, 4.69) is 55.5 Å². The van der Waals surface area contributed by atoms with Crippen LogP contribution in [-0.2, 0) is 0 Å². The molecule has 1 unspecified atom stereocenters. The first-order valence-corrected chi connectivity index (χ1v) is 5.39. The van der Waals surface area contributed by atoms with E-state index in [9.17, 15) is 0 Å². The molecule has 14 heavy (non-hydrogen) atoms. The van der Waals surface area contributed by atoms with E-state index in [1.165, 1.54) is 0 Å². The number of aliphatic imine (C=N–C) groups is 2. The summed E-state index contributed by atoms with van der Waals surface area (Å²) >= 11 is 0. The summed E-state index contributed by atoms with van der Waals surface area (Å²) in [6.07, 6.45) is 0.158. The maximum Gasteiger partial charge on any atom is 0.111 e. The number of nitrogens with zero attached hydrogens (tertiary/aromatic N) is 3. The molecule has 0 radical (unpaired) electrons. The minimum absolute atomic E-state index is 0.158. The highest BCUT2D eigenvalue weighted by atomic mass is 15.3. The fourth-order valence-electron chi connectivity index (χ4n) is 1.72. The van der Waals surface area contributed by atoms with E-state index in [0.717, 1.165) is 6.54 Å². The van der Waals surface area contributed by atoms with Crippen LogP contribution in [0.1, 0.15) is 41.5 Å².